The topological polar surface area (TPSA) is 28.2 Å². The van der Waals surface area contributed by atoms with Crippen molar-refractivity contribution in [1.29, 1.82) is 0 Å². The number of hydrogen-bond donors (Lipinski definition) is 1. The molecule has 2 rings (SSSR count). The van der Waals surface area contributed by atoms with Crippen LogP contribution in [0, 0.1) is 5.92 Å². The average molecular weight is 191 g/mol. The molecule has 0 saturated carbocycles. The van der Waals surface area contributed by atoms with Crippen LogP contribution in [0.2, 0.25) is 0 Å². The summed E-state index contributed by atoms with van der Waals surface area (Å²) >= 11 is 0. The fourth-order valence-electron chi connectivity index (χ4n) is 1.92. The molecule has 3 heteroatoms. The molecule has 1 atom stereocenters. The fourth-order valence-corrected chi connectivity index (χ4v) is 1.92. The molecule has 0 aliphatic carbocycles. The van der Waals surface area contributed by atoms with E-state index in [0.717, 1.165) is 19.6 Å². The summed E-state index contributed by atoms with van der Waals surface area (Å²) in [6, 6.07) is 2.09. The van der Waals surface area contributed by atoms with Crippen molar-refractivity contribution in [3.8, 4) is 0 Å². The summed E-state index contributed by atoms with van der Waals surface area (Å²) in [5.41, 5.74) is 2.45. The molecule has 1 aliphatic rings. The lowest BCUT2D eigenvalue weighted by atomic mass is 10.2. The van der Waals surface area contributed by atoms with Crippen LogP contribution in [0.5, 0.6) is 0 Å². The van der Waals surface area contributed by atoms with Crippen LogP contribution >= 0.6 is 0 Å². The maximum atomic E-state index is 4.14. The van der Waals surface area contributed by atoms with Gasteiger partial charge in [-0.1, -0.05) is 6.92 Å². The molecule has 76 valence electrons. The Labute approximate surface area is 85.1 Å². The first kappa shape index (κ1) is 9.31. The second kappa shape index (κ2) is 3.86. The molecule has 2 heterocycles. The van der Waals surface area contributed by atoms with Gasteiger partial charge >= 0.3 is 0 Å². The monoisotopic (exact) mass is 191 g/mol. The molecule has 0 radical (unpaired) electrons. The average Bonchev–Trinajstić information content (AvgIpc) is 2.38. The van der Waals surface area contributed by atoms with E-state index in [9.17, 15) is 0 Å². The zero-order valence-corrected chi connectivity index (χ0v) is 8.83. The number of hydrogen-bond acceptors (Lipinski definition) is 3. The normalized spacial score (nSPS) is 21.0. The van der Waals surface area contributed by atoms with Crippen LogP contribution in [0.25, 0.3) is 0 Å². The fraction of sp³-hybridized carbons (Fsp3) is 0.545. The first-order valence-corrected chi connectivity index (χ1v) is 5.24. The minimum atomic E-state index is 0.683. The van der Waals surface area contributed by atoms with Crippen molar-refractivity contribution in [1.82, 2.24) is 4.98 Å². The minimum absolute atomic E-state index is 0.683. The van der Waals surface area contributed by atoms with Gasteiger partial charge in [0.2, 0.25) is 0 Å². The summed E-state index contributed by atoms with van der Waals surface area (Å²) < 4.78 is 0. The SMILES string of the molecule is CCN1CC(C)CNc2cnccc21. The molecule has 1 aromatic rings. The summed E-state index contributed by atoms with van der Waals surface area (Å²) in [6.07, 6.45) is 3.77. The van der Waals surface area contributed by atoms with Crippen LogP contribution in [0.15, 0.2) is 18.5 Å². The summed E-state index contributed by atoms with van der Waals surface area (Å²) in [5, 5.41) is 3.44. The van der Waals surface area contributed by atoms with Gasteiger partial charge in [0.25, 0.3) is 0 Å². The molecule has 1 N–H and O–H groups in total. The minimum Gasteiger partial charge on any atom is -0.382 e. The van der Waals surface area contributed by atoms with Crippen LogP contribution in [-0.4, -0.2) is 24.6 Å². The standard InChI is InChI=1S/C11H17N3/c1-3-14-8-9(2)6-13-10-7-12-5-4-11(10)14/h4-5,7,9,13H,3,6,8H2,1-2H3. The van der Waals surface area contributed by atoms with Crippen LogP contribution in [-0.2, 0) is 0 Å². The molecule has 0 saturated heterocycles. The van der Waals surface area contributed by atoms with Gasteiger partial charge in [0.05, 0.1) is 17.6 Å². The summed E-state index contributed by atoms with van der Waals surface area (Å²) in [6.45, 7) is 7.69. The van der Waals surface area contributed by atoms with E-state index in [2.05, 4.69) is 35.1 Å². The van der Waals surface area contributed by atoms with Crippen molar-refractivity contribution in [3.63, 3.8) is 0 Å². The molecule has 14 heavy (non-hydrogen) atoms. The van der Waals surface area contributed by atoms with Crippen molar-refractivity contribution < 1.29 is 0 Å². The van der Waals surface area contributed by atoms with Crippen LogP contribution in [0.4, 0.5) is 11.4 Å². The van der Waals surface area contributed by atoms with Crippen molar-refractivity contribution in [2.75, 3.05) is 29.9 Å². The van der Waals surface area contributed by atoms with Crippen molar-refractivity contribution in [2.24, 2.45) is 5.92 Å². The molecule has 1 unspecified atom stereocenters. The number of nitrogens with one attached hydrogen (secondary N) is 1. The van der Waals surface area contributed by atoms with Gasteiger partial charge in [0, 0.05) is 25.8 Å². The quantitative estimate of drug-likeness (QED) is 0.735. The first-order chi connectivity index (χ1) is 6.81. The van der Waals surface area contributed by atoms with Crippen LogP contribution in [0.3, 0.4) is 0 Å². The lowest BCUT2D eigenvalue weighted by Crippen LogP contribution is -2.28. The number of rotatable bonds is 1. The zero-order chi connectivity index (χ0) is 9.97. The van der Waals surface area contributed by atoms with Gasteiger partial charge in [0.15, 0.2) is 0 Å². The zero-order valence-electron chi connectivity index (χ0n) is 8.83. The van der Waals surface area contributed by atoms with Gasteiger partial charge < -0.3 is 10.2 Å². The van der Waals surface area contributed by atoms with E-state index in [1.807, 2.05) is 12.4 Å². The van der Waals surface area contributed by atoms with Gasteiger partial charge in [-0.05, 0) is 18.9 Å². The van der Waals surface area contributed by atoms with Gasteiger partial charge in [-0.15, -0.1) is 0 Å². The maximum absolute atomic E-state index is 4.14. The molecule has 0 bridgehead atoms. The third-order valence-electron chi connectivity index (χ3n) is 2.69. The number of fused-ring (bicyclic) bond motifs is 1. The second-order valence-corrected chi connectivity index (χ2v) is 3.92. The highest BCUT2D eigenvalue weighted by molar-refractivity contribution is 5.69. The Bertz CT molecular complexity index is 311. The lowest BCUT2D eigenvalue weighted by molar-refractivity contribution is 0.602. The highest BCUT2D eigenvalue weighted by atomic mass is 15.2. The molecular formula is C11H17N3. The smallest absolute Gasteiger partial charge is 0.0764 e. The Morgan fingerprint density at radius 2 is 2.50 bits per heavy atom. The Kier molecular flexibility index (Phi) is 2.57. The number of aromatic nitrogens is 1. The van der Waals surface area contributed by atoms with Crippen molar-refractivity contribution in [3.05, 3.63) is 18.5 Å². The van der Waals surface area contributed by atoms with Crippen LogP contribution in [0.1, 0.15) is 13.8 Å². The van der Waals surface area contributed by atoms with E-state index in [0.29, 0.717) is 5.92 Å². The lowest BCUT2D eigenvalue weighted by Gasteiger charge is -2.23. The third kappa shape index (κ3) is 1.67. The Hall–Kier alpha value is -1.25. The molecular weight excluding hydrogens is 174 g/mol. The second-order valence-electron chi connectivity index (χ2n) is 3.92. The van der Waals surface area contributed by atoms with Gasteiger partial charge in [-0.2, -0.15) is 0 Å². The molecule has 0 amide bonds. The van der Waals surface area contributed by atoms with E-state index < -0.39 is 0 Å². The summed E-state index contributed by atoms with van der Waals surface area (Å²) in [7, 11) is 0. The highest BCUT2D eigenvalue weighted by Crippen LogP contribution is 2.27. The molecule has 0 aromatic carbocycles. The number of nitrogens with zero attached hydrogens (tertiary/aromatic N) is 2. The van der Waals surface area contributed by atoms with E-state index in [4.69, 9.17) is 0 Å². The Morgan fingerprint density at radius 3 is 3.29 bits per heavy atom. The van der Waals surface area contributed by atoms with Gasteiger partial charge in [0.1, 0.15) is 0 Å². The van der Waals surface area contributed by atoms with Crippen molar-refractivity contribution in [2.45, 2.75) is 13.8 Å². The number of pyridine rings is 1. The van der Waals surface area contributed by atoms with Crippen LogP contribution < -0.4 is 10.2 Å². The summed E-state index contributed by atoms with van der Waals surface area (Å²) in [5.74, 6) is 0.683. The molecule has 1 aliphatic heterocycles. The number of anilines is 2. The molecule has 0 spiro atoms. The molecule has 0 fully saturated rings. The Balaban J connectivity index is 2.34. The Morgan fingerprint density at radius 1 is 1.64 bits per heavy atom. The maximum Gasteiger partial charge on any atom is 0.0764 e. The van der Waals surface area contributed by atoms with E-state index in [1.54, 1.807) is 0 Å². The largest absolute Gasteiger partial charge is 0.382 e. The van der Waals surface area contributed by atoms with E-state index in [-0.39, 0.29) is 0 Å². The third-order valence-corrected chi connectivity index (χ3v) is 2.69. The van der Waals surface area contributed by atoms with E-state index in [1.165, 1.54) is 11.4 Å². The van der Waals surface area contributed by atoms with Crippen molar-refractivity contribution >= 4 is 11.4 Å². The van der Waals surface area contributed by atoms with E-state index >= 15 is 0 Å². The molecule has 3 nitrogen and oxygen atoms in total. The first-order valence-electron chi connectivity index (χ1n) is 5.24. The van der Waals surface area contributed by atoms with Gasteiger partial charge in [-0.3, -0.25) is 4.98 Å². The summed E-state index contributed by atoms with van der Waals surface area (Å²) in [4.78, 5) is 6.55. The predicted molar refractivity (Wildman–Crippen MR) is 59.8 cm³/mol. The highest BCUT2D eigenvalue weighted by Gasteiger charge is 2.17. The molecule has 1 aromatic heterocycles. The predicted octanol–water partition coefficient (Wildman–Crippen LogP) is 1.97. The van der Waals surface area contributed by atoms with Gasteiger partial charge in [-0.25, -0.2) is 0 Å².